The van der Waals surface area contributed by atoms with Gasteiger partial charge in [0.2, 0.25) is 5.91 Å². The third-order valence-electron chi connectivity index (χ3n) is 2.32. The van der Waals surface area contributed by atoms with Crippen molar-refractivity contribution in [2.24, 2.45) is 0 Å². The van der Waals surface area contributed by atoms with Gasteiger partial charge in [-0.2, -0.15) is 0 Å². The van der Waals surface area contributed by atoms with E-state index in [9.17, 15) is 25.2 Å². The molecule has 1 fully saturated rings. The number of hydrogen-bond donors (Lipinski definition) is 5. The Balaban J connectivity index is 2.85. The maximum absolute atomic E-state index is 10.8. The predicted octanol–water partition coefficient (Wildman–Crippen LogP) is -2.73. The lowest BCUT2D eigenvalue weighted by atomic mass is 9.95. The van der Waals surface area contributed by atoms with Crippen molar-refractivity contribution >= 4 is 5.91 Å². The van der Waals surface area contributed by atoms with Gasteiger partial charge in [-0.15, -0.1) is 0 Å². The van der Waals surface area contributed by atoms with Crippen molar-refractivity contribution < 1.29 is 30.0 Å². The summed E-state index contributed by atoms with van der Waals surface area (Å²) in [4.78, 5) is 10.8. The first-order valence-electron chi connectivity index (χ1n) is 4.47. The van der Waals surface area contributed by atoms with Crippen molar-refractivity contribution in [1.29, 1.82) is 0 Å². The SMILES string of the molecule is CC(=O)N[C@@]1(C)OC(O)[C@@H](O)[C@H](O)[C@@H]1O. The average molecular weight is 221 g/mol. The van der Waals surface area contributed by atoms with Crippen LogP contribution >= 0.6 is 0 Å². The lowest BCUT2D eigenvalue weighted by molar-refractivity contribution is -0.321. The highest BCUT2D eigenvalue weighted by Gasteiger charge is 2.50. The van der Waals surface area contributed by atoms with Gasteiger partial charge in [-0.25, -0.2) is 0 Å². The van der Waals surface area contributed by atoms with E-state index in [1.807, 2.05) is 0 Å². The molecule has 1 aliphatic rings. The summed E-state index contributed by atoms with van der Waals surface area (Å²) < 4.78 is 4.84. The molecule has 1 unspecified atom stereocenters. The van der Waals surface area contributed by atoms with Gasteiger partial charge in [0.25, 0.3) is 0 Å². The highest BCUT2D eigenvalue weighted by Crippen LogP contribution is 2.26. The summed E-state index contributed by atoms with van der Waals surface area (Å²) in [5.74, 6) is -0.493. The van der Waals surface area contributed by atoms with Crippen LogP contribution in [0.2, 0.25) is 0 Å². The first-order chi connectivity index (χ1) is 6.78. The molecule has 5 N–H and O–H groups in total. The van der Waals surface area contributed by atoms with E-state index in [0.29, 0.717) is 0 Å². The number of amides is 1. The zero-order chi connectivity index (χ0) is 11.8. The van der Waals surface area contributed by atoms with Crippen LogP contribution in [0.3, 0.4) is 0 Å². The Bertz CT molecular complexity index is 260. The Morgan fingerprint density at radius 1 is 1.27 bits per heavy atom. The van der Waals surface area contributed by atoms with Gasteiger partial charge in [0.1, 0.15) is 18.3 Å². The second kappa shape index (κ2) is 4.03. The fourth-order valence-electron chi connectivity index (χ4n) is 1.52. The van der Waals surface area contributed by atoms with Crippen LogP contribution in [0.4, 0.5) is 0 Å². The summed E-state index contributed by atoms with van der Waals surface area (Å²) in [7, 11) is 0. The van der Waals surface area contributed by atoms with E-state index < -0.39 is 36.2 Å². The van der Waals surface area contributed by atoms with E-state index in [1.54, 1.807) is 0 Å². The minimum absolute atomic E-state index is 0.493. The lowest BCUT2D eigenvalue weighted by Gasteiger charge is -2.45. The molecule has 0 aliphatic carbocycles. The van der Waals surface area contributed by atoms with E-state index in [1.165, 1.54) is 13.8 Å². The van der Waals surface area contributed by atoms with Crippen LogP contribution in [0.5, 0.6) is 0 Å². The molecule has 0 saturated carbocycles. The summed E-state index contributed by atoms with van der Waals surface area (Å²) in [5.41, 5.74) is -1.62. The molecule has 88 valence electrons. The van der Waals surface area contributed by atoms with E-state index in [2.05, 4.69) is 5.32 Å². The van der Waals surface area contributed by atoms with Crippen LogP contribution in [0, 0.1) is 0 Å². The minimum Gasteiger partial charge on any atom is -0.387 e. The topological polar surface area (TPSA) is 119 Å². The average Bonchev–Trinajstić information content (AvgIpc) is 2.10. The highest BCUT2D eigenvalue weighted by molar-refractivity contribution is 5.73. The second-order valence-corrected chi connectivity index (χ2v) is 3.72. The van der Waals surface area contributed by atoms with E-state index in [0.717, 1.165) is 0 Å². The third-order valence-corrected chi connectivity index (χ3v) is 2.32. The summed E-state index contributed by atoms with van der Waals surface area (Å²) >= 11 is 0. The van der Waals surface area contributed by atoms with Crippen molar-refractivity contribution in [2.75, 3.05) is 0 Å². The summed E-state index contributed by atoms with van der Waals surface area (Å²) in [6, 6.07) is 0. The van der Waals surface area contributed by atoms with Gasteiger partial charge in [0, 0.05) is 6.92 Å². The molecule has 1 saturated heterocycles. The lowest BCUT2D eigenvalue weighted by Crippen LogP contribution is -2.69. The normalized spacial score (nSPS) is 46.3. The molecule has 0 radical (unpaired) electrons. The molecule has 1 aliphatic heterocycles. The largest absolute Gasteiger partial charge is 0.387 e. The number of hydrogen-bond acceptors (Lipinski definition) is 6. The minimum atomic E-state index is -1.67. The first-order valence-corrected chi connectivity index (χ1v) is 4.47. The van der Waals surface area contributed by atoms with Crippen LogP contribution in [0.25, 0.3) is 0 Å². The molecule has 1 rings (SSSR count). The number of nitrogens with one attached hydrogen (secondary N) is 1. The van der Waals surface area contributed by atoms with Crippen molar-refractivity contribution in [1.82, 2.24) is 5.32 Å². The van der Waals surface area contributed by atoms with Crippen LogP contribution in [0.15, 0.2) is 0 Å². The predicted molar refractivity (Wildman–Crippen MR) is 47.3 cm³/mol. The second-order valence-electron chi connectivity index (χ2n) is 3.72. The molecular weight excluding hydrogens is 206 g/mol. The number of carbonyl (C=O) groups excluding carboxylic acids is 1. The molecule has 7 nitrogen and oxygen atoms in total. The number of ether oxygens (including phenoxy) is 1. The molecule has 0 spiro atoms. The van der Waals surface area contributed by atoms with Crippen LogP contribution in [0.1, 0.15) is 13.8 Å². The monoisotopic (exact) mass is 221 g/mol. The van der Waals surface area contributed by atoms with Crippen LogP contribution in [-0.4, -0.2) is 56.7 Å². The Morgan fingerprint density at radius 2 is 1.80 bits per heavy atom. The molecular formula is C8H15NO6. The van der Waals surface area contributed by atoms with Crippen molar-refractivity contribution in [3.63, 3.8) is 0 Å². The van der Waals surface area contributed by atoms with Gasteiger partial charge >= 0.3 is 0 Å². The number of aliphatic hydroxyl groups is 4. The van der Waals surface area contributed by atoms with Gasteiger partial charge in [-0.05, 0) is 6.92 Å². The first kappa shape index (κ1) is 12.3. The molecule has 1 heterocycles. The molecule has 5 atom stereocenters. The van der Waals surface area contributed by atoms with Gasteiger partial charge in [-0.3, -0.25) is 4.79 Å². The maximum atomic E-state index is 10.8. The molecule has 0 aromatic carbocycles. The number of aliphatic hydroxyl groups excluding tert-OH is 4. The molecule has 0 aromatic heterocycles. The molecule has 15 heavy (non-hydrogen) atoms. The zero-order valence-corrected chi connectivity index (χ0v) is 8.41. The molecule has 7 heteroatoms. The number of carbonyl (C=O) groups is 1. The smallest absolute Gasteiger partial charge is 0.219 e. The van der Waals surface area contributed by atoms with Gasteiger partial charge < -0.3 is 30.5 Å². The maximum Gasteiger partial charge on any atom is 0.219 e. The van der Waals surface area contributed by atoms with Gasteiger partial charge in [-0.1, -0.05) is 0 Å². The number of rotatable bonds is 1. The highest BCUT2D eigenvalue weighted by atomic mass is 16.7. The molecule has 1 amide bonds. The quantitative estimate of drug-likeness (QED) is 0.328. The van der Waals surface area contributed by atoms with Crippen molar-refractivity contribution in [2.45, 2.75) is 44.2 Å². The van der Waals surface area contributed by atoms with Crippen molar-refractivity contribution in [3.05, 3.63) is 0 Å². The van der Waals surface area contributed by atoms with Crippen molar-refractivity contribution in [3.8, 4) is 0 Å². The van der Waals surface area contributed by atoms with Crippen LogP contribution < -0.4 is 5.32 Å². The standard InChI is InChI=1S/C8H15NO6/c1-3(10)9-8(2)6(13)4(11)5(12)7(14)15-8/h4-7,11-14H,1-2H3,(H,9,10)/t4-,5-,6-,7?,8-/m0/s1. The van der Waals surface area contributed by atoms with E-state index >= 15 is 0 Å². The van der Waals surface area contributed by atoms with E-state index in [-0.39, 0.29) is 0 Å². The fourth-order valence-corrected chi connectivity index (χ4v) is 1.52. The Kier molecular flexibility index (Phi) is 3.31. The molecule has 0 bridgehead atoms. The third kappa shape index (κ3) is 2.27. The molecule has 0 aromatic rings. The zero-order valence-electron chi connectivity index (χ0n) is 8.41. The summed E-state index contributed by atoms with van der Waals surface area (Å²) in [6.07, 6.45) is -6.40. The summed E-state index contributed by atoms with van der Waals surface area (Å²) in [5, 5.41) is 39.6. The van der Waals surface area contributed by atoms with Gasteiger partial charge in [0.05, 0.1) is 0 Å². The van der Waals surface area contributed by atoms with E-state index in [4.69, 9.17) is 4.74 Å². The van der Waals surface area contributed by atoms with Gasteiger partial charge in [0.15, 0.2) is 12.0 Å². The van der Waals surface area contributed by atoms with Crippen LogP contribution in [-0.2, 0) is 9.53 Å². The Hall–Kier alpha value is -0.730. The Labute approximate surface area is 86.3 Å². The Morgan fingerprint density at radius 3 is 2.27 bits per heavy atom. The fraction of sp³-hybridized carbons (Fsp3) is 0.875. The summed E-state index contributed by atoms with van der Waals surface area (Å²) in [6.45, 7) is 2.49.